The van der Waals surface area contributed by atoms with Gasteiger partial charge in [0.15, 0.2) is 12.6 Å². The molecule has 2 rings (SSSR count). The molecule has 0 saturated heterocycles. The van der Waals surface area contributed by atoms with E-state index in [4.69, 9.17) is 9.47 Å². The van der Waals surface area contributed by atoms with E-state index in [-0.39, 0.29) is 17.9 Å². The minimum Gasteiger partial charge on any atom is -0.484 e. The van der Waals surface area contributed by atoms with Gasteiger partial charge in [-0.05, 0) is 50.8 Å². The minimum absolute atomic E-state index is 0.0206. The third kappa shape index (κ3) is 5.88. The summed E-state index contributed by atoms with van der Waals surface area (Å²) in [6.45, 7) is 10.4. The number of nitrogens with zero attached hydrogens (tertiary/aromatic N) is 1. The summed E-state index contributed by atoms with van der Waals surface area (Å²) in [4.78, 5) is 16.0. The highest BCUT2D eigenvalue weighted by Gasteiger charge is 2.53. The summed E-state index contributed by atoms with van der Waals surface area (Å²) in [5.74, 6) is 1.35. The van der Waals surface area contributed by atoms with Crippen molar-refractivity contribution in [2.75, 3.05) is 26.8 Å². The molecular weight excluding hydrogens is 380 g/mol. The molecular formula is C23H38N4O3. The molecule has 1 fully saturated rings. The van der Waals surface area contributed by atoms with Crippen LogP contribution in [-0.2, 0) is 16.1 Å². The van der Waals surface area contributed by atoms with Crippen LogP contribution >= 0.6 is 0 Å². The van der Waals surface area contributed by atoms with Crippen molar-refractivity contribution < 1.29 is 14.3 Å². The zero-order chi connectivity index (χ0) is 22.0. The maximum Gasteiger partial charge on any atom is 0.257 e. The molecule has 0 radical (unpaired) electrons. The van der Waals surface area contributed by atoms with Gasteiger partial charge in [0.05, 0.1) is 6.10 Å². The fraction of sp³-hybridized carbons (Fsp3) is 0.652. The Hall–Kier alpha value is -2.28. The Morgan fingerprint density at radius 3 is 2.60 bits per heavy atom. The van der Waals surface area contributed by atoms with Crippen LogP contribution in [0.15, 0.2) is 29.3 Å². The maximum absolute atomic E-state index is 11.6. The van der Waals surface area contributed by atoms with Gasteiger partial charge in [-0.1, -0.05) is 26.0 Å². The molecule has 0 spiro atoms. The van der Waals surface area contributed by atoms with Crippen LogP contribution in [0.3, 0.4) is 0 Å². The first-order valence-corrected chi connectivity index (χ1v) is 11.1. The number of carbonyl (C=O) groups excluding carboxylic acids is 1. The Balaban J connectivity index is 1.90. The van der Waals surface area contributed by atoms with Crippen molar-refractivity contribution in [1.82, 2.24) is 16.0 Å². The van der Waals surface area contributed by atoms with Crippen molar-refractivity contribution in [2.45, 2.75) is 65.6 Å². The smallest absolute Gasteiger partial charge is 0.257 e. The molecule has 1 aromatic rings. The molecule has 0 aliphatic heterocycles. The summed E-state index contributed by atoms with van der Waals surface area (Å²) in [7, 11) is 1.79. The predicted molar refractivity (Wildman–Crippen MR) is 121 cm³/mol. The van der Waals surface area contributed by atoms with Gasteiger partial charge in [0.2, 0.25) is 0 Å². The van der Waals surface area contributed by atoms with E-state index in [1.54, 1.807) is 7.05 Å². The first kappa shape index (κ1) is 24.0. The quantitative estimate of drug-likeness (QED) is 0.380. The number of guanidine groups is 1. The number of ether oxygens (including phenoxy) is 2. The number of hydrogen-bond donors (Lipinski definition) is 3. The van der Waals surface area contributed by atoms with Crippen LogP contribution in [0.2, 0.25) is 0 Å². The summed E-state index contributed by atoms with van der Waals surface area (Å²) in [5, 5.41) is 9.72. The number of rotatable bonds is 11. The lowest BCUT2D eigenvalue weighted by atomic mass is 9.58. The molecule has 0 heterocycles. The van der Waals surface area contributed by atoms with Gasteiger partial charge in [-0.15, -0.1) is 0 Å². The Labute approximate surface area is 181 Å². The van der Waals surface area contributed by atoms with E-state index >= 15 is 0 Å². The van der Waals surface area contributed by atoms with Crippen LogP contribution in [0.4, 0.5) is 0 Å². The van der Waals surface area contributed by atoms with E-state index in [0.29, 0.717) is 31.0 Å². The molecule has 1 amide bonds. The molecule has 2 atom stereocenters. The van der Waals surface area contributed by atoms with Crippen molar-refractivity contribution in [3.8, 4) is 5.75 Å². The first-order valence-electron chi connectivity index (χ1n) is 11.1. The number of carbonyl (C=O) groups is 1. The number of benzene rings is 1. The van der Waals surface area contributed by atoms with Crippen LogP contribution in [0, 0.1) is 5.41 Å². The van der Waals surface area contributed by atoms with Crippen LogP contribution in [0.25, 0.3) is 0 Å². The highest BCUT2D eigenvalue weighted by Crippen LogP contribution is 2.48. The molecule has 2 unspecified atom stereocenters. The Morgan fingerprint density at radius 2 is 1.97 bits per heavy atom. The summed E-state index contributed by atoms with van der Waals surface area (Å²) in [6.07, 6.45) is 3.47. The Bertz CT molecular complexity index is 703. The van der Waals surface area contributed by atoms with Crippen molar-refractivity contribution in [1.29, 1.82) is 0 Å². The van der Waals surface area contributed by atoms with Crippen molar-refractivity contribution in [3.05, 3.63) is 29.8 Å². The molecule has 1 aliphatic carbocycles. The lowest BCUT2D eigenvalue weighted by Crippen LogP contribution is -2.65. The second kappa shape index (κ2) is 11.8. The van der Waals surface area contributed by atoms with Crippen molar-refractivity contribution in [2.24, 2.45) is 10.4 Å². The SMILES string of the molecule is CCNC(=O)COc1cccc(CNC(=NC)NC2CC(OCC)C2(CC)CC)c1. The molecule has 3 N–H and O–H groups in total. The zero-order valence-electron chi connectivity index (χ0n) is 19.1. The standard InChI is InChI=1S/C23H38N4O3/c1-6-23(7-2)19(14-20(23)29-9-4)27-22(24-5)26-15-17-11-10-12-18(13-17)30-16-21(28)25-8-3/h10-13,19-20H,6-9,14-16H2,1-5H3,(H,25,28)(H2,24,26,27). The van der Waals surface area contributed by atoms with E-state index in [1.165, 1.54) is 0 Å². The van der Waals surface area contributed by atoms with Crippen LogP contribution in [0.5, 0.6) is 5.75 Å². The number of amides is 1. The maximum atomic E-state index is 11.6. The van der Waals surface area contributed by atoms with Crippen LogP contribution in [-0.4, -0.2) is 50.8 Å². The molecule has 30 heavy (non-hydrogen) atoms. The second-order valence-electron chi connectivity index (χ2n) is 7.63. The van der Waals surface area contributed by atoms with Crippen LogP contribution < -0.4 is 20.7 Å². The number of likely N-dealkylation sites (N-methyl/N-ethyl adjacent to an activating group) is 1. The molecule has 7 nitrogen and oxygen atoms in total. The lowest BCUT2D eigenvalue weighted by molar-refractivity contribution is -0.133. The van der Waals surface area contributed by atoms with Gasteiger partial charge in [-0.3, -0.25) is 9.79 Å². The predicted octanol–water partition coefficient (Wildman–Crippen LogP) is 2.85. The Kier molecular flexibility index (Phi) is 9.43. The minimum atomic E-state index is -0.119. The number of nitrogens with one attached hydrogen (secondary N) is 3. The summed E-state index contributed by atoms with van der Waals surface area (Å²) in [6, 6.07) is 8.10. The van der Waals surface area contributed by atoms with Gasteiger partial charge in [0.1, 0.15) is 5.75 Å². The number of hydrogen-bond acceptors (Lipinski definition) is 4. The molecule has 0 aromatic heterocycles. The fourth-order valence-corrected chi connectivity index (χ4v) is 4.27. The van der Waals surface area contributed by atoms with E-state index in [2.05, 4.69) is 41.7 Å². The van der Waals surface area contributed by atoms with E-state index in [0.717, 1.165) is 37.4 Å². The molecule has 168 valence electrons. The molecule has 1 saturated carbocycles. The van der Waals surface area contributed by atoms with E-state index < -0.39 is 0 Å². The molecule has 7 heteroatoms. The Morgan fingerprint density at radius 1 is 1.20 bits per heavy atom. The zero-order valence-corrected chi connectivity index (χ0v) is 19.1. The van der Waals surface area contributed by atoms with Gasteiger partial charge in [-0.2, -0.15) is 0 Å². The number of aliphatic imine (C=N–C) groups is 1. The topological polar surface area (TPSA) is 84.0 Å². The van der Waals surface area contributed by atoms with Gasteiger partial charge in [-0.25, -0.2) is 0 Å². The molecule has 0 bridgehead atoms. The van der Waals surface area contributed by atoms with Gasteiger partial charge in [0.25, 0.3) is 5.91 Å². The van der Waals surface area contributed by atoms with Crippen molar-refractivity contribution in [3.63, 3.8) is 0 Å². The van der Waals surface area contributed by atoms with E-state index in [1.807, 2.05) is 31.2 Å². The van der Waals surface area contributed by atoms with Gasteiger partial charge < -0.3 is 25.4 Å². The average molecular weight is 419 g/mol. The van der Waals surface area contributed by atoms with Gasteiger partial charge >= 0.3 is 0 Å². The third-order valence-corrected chi connectivity index (χ3v) is 6.11. The highest BCUT2D eigenvalue weighted by atomic mass is 16.5. The van der Waals surface area contributed by atoms with E-state index in [9.17, 15) is 4.79 Å². The normalized spacial score (nSPS) is 20.2. The lowest BCUT2D eigenvalue weighted by Gasteiger charge is -2.55. The second-order valence-corrected chi connectivity index (χ2v) is 7.63. The molecule has 1 aliphatic rings. The average Bonchev–Trinajstić information content (AvgIpc) is 2.75. The summed E-state index contributed by atoms with van der Waals surface area (Å²) < 4.78 is 11.6. The monoisotopic (exact) mass is 418 g/mol. The largest absolute Gasteiger partial charge is 0.484 e. The highest BCUT2D eigenvalue weighted by molar-refractivity contribution is 5.80. The summed E-state index contributed by atoms with van der Waals surface area (Å²) in [5.41, 5.74) is 1.21. The van der Waals surface area contributed by atoms with Crippen molar-refractivity contribution >= 4 is 11.9 Å². The first-order chi connectivity index (χ1) is 14.5. The third-order valence-electron chi connectivity index (χ3n) is 6.11. The molecule has 1 aromatic carbocycles. The van der Waals surface area contributed by atoms with Gasteiger partial charge in [0, 0.05) is 38.2 Å². The summed E-state index contributed by atoms with van der Waals surface area (Å²) >= 11 is 0. The van der Waals surface area contributed by atoms with Crippen LogP contribution in [0.1, 0.15) is 52.5 Å². The fourth-order valence-electron chi connectivity index (χ4n) is 4.27.